The molecule has 0 N–H and O–H groups in total. The van der Waals surface area contributed by atoms with Gasteiger partial charge < -0.3 is 9.57 Å². The zero-order valence-electron chi connectivity index (χ0n) is 15.6. The number of carbonyl (C=O) groups excluding carboxylic acids is 2. The second-order valence-electron chi connectivity index (χ2n) is 7.15. The van der Waals surface area contributed by atoms with Crippen molar-refractivity contribution in [3.63, 3.8) is 0 Å². The van der Waals surface area contributed by atoms with Gasteiger partial charge in [-0.3, -0.25) is 0 Å². The Morgan fingerprint density at radius 1 is 1.07 bits per heavy atom. The molecule has 28 heavy (non-hydrogen) atoms. The van der Waals surface area contributed by atoms with E-state index in [9.17, 15) is 14.0 Å². The van der Waals surface area contributed by atoms with E-state index in [4.69, 9.17) is 9.57 Å². The number of halogens is 1. The van der Waals surface area contributed by atoms with Gasteiger partial charge in [0.2, 0.25) is 0 Å². The van der Waals surface area contributed by atoms with Crippen LogP contribution in [0.25, 0.3) is 0 Å². The molecule has 2 saturated heterocycles. The van der Waals surface area contributed by atoms with Gasteiger partial charge in [-0.25, -0.2) is 14.0 Å². The van der Waals surface area contributed by atoms with E-state index in [1.807, 2.05) is 0 Å². The summed E-state index contributed by atoms with van der Waals surface area (Å²) >= 11 is 1.61. The van der Waals surface area contributed by atoms with Crippen LogP contribution in [0, 0.1) is 19.7 Å². The number of hydrogen-bond acceptors (Lipinski definition) is 6. The van der Waals surface area contributed by atoms with E-state index in [-0.39, 0.29) is 11.7 Å². The van der Waals surface area contributed by atoms with Gasteiger partial charge in [-0.2, -0.15) is 0 Å². The zero-order chi connectivity index (χ0) is 19.8. The second-order valence-corrected chi connectivity index (χ2v) is 8.24. The van der Waals surface area contributed by atoms with Crippen LogP contribution in [-0.4, -0.2) is 29.8 Å². The Morgan fingerprint density at radius 2 is 1.86 bits per heavy atom. The van der Waals surface area contributed by atoms with E-state index in [1.165, 1.54) is 22.3 Å². The van der Waals surface area contributed by atoms with Crippen LogP contribution in [-0.2, 0) is 19.2 Å². The molecule has 2 aromatic carbocycles. The summed E-state index contributed by atoms with van der Waals surface area (Å²) in [5.41, 5.74) is 3.25. The summed E-state index contributed by atoms with van der Waals surface area (Å²) in [7, 11) is 0. The zero-order valence-corrected chi connectivity index (χ0v) is 16.4. The first kappa shape index (κ1) is 19.0. The van der Waals surface area contributed by atoms with Gasteiger partial charge in [0.1, 0.15) is 5.82 Å². The van der Waals surface area contributed by atoms with Crippen LogP contribution < -0.4 is 0 Å². The number of piperidine rings is 1. The molecule has 0 bridgehead atoms. The Balaban J connectivity index is 1.60. The standard InChI is InChI=1S/C21H20FNO4S/c1-12-3-5-17(13(2)9-12)28-18-6-4-15(22)11-16(18)14-7-8-23-19(10-14)26-20(24)21(25)27-23/h3-6,9,11,14,19H,7-8,10H2,1-2H3. The van der Waals surface area contributed by atoms with Crippen molar-refractivity contribution >= 4 is 23.7 Å². The van der Waals surface area contributed by atoms with Gasteiger partial charge in [0.05, 0.1) is 0 Å². The van der Waals surface area contributed by atoms with Crippen molar-refractivity contribution in [1.29, 1.82) is 0 Å². The summed E-state index contributed by atoms with van der Waals surface area (Å²) in [4.78, 5) is 30.0. The first-order valence-electron chi connectivity index (χ1n) is 9.15. The molecule has 0 aliphatic carbocycles. The number of ether oxygens (including phenoxy) is 1. The minimum atomic E-state index is -0.994. The fourth-order valence-electron chi connectivity index (χ4n) is 3.68. The van der Waals surface area contributed by atoms with E-state index in [1.54, 1.807) is 23.9 Å². The smallest absolute Gasteiger partial charge is 0.435 e. The van der Waals surface area contributed by atoms with Crippen LogP contribution in [0.2, 0.25) is 0 Å². The van der Waals surface area contributed by atoms with Crippen molar-refractivity contribution in [1.82, 2.24) is 5.06 Å². The summed E-state index contributed by atoms with van der Waals surface area (Å²) in [5.74, 6) is -2.28. The monoisotopic (exact) mass is 401 g/mol. The normalized spacial score (nSPS) is 22.4. The molecular weight excluding hydrogens is 381 g/mol. The van der Waals surface area contributed by atoms with Crippen molar-refractivity contribution < 1.29 is 23.6 Å². The first-order chi connectivity index (χ1) is 13.4. The number of hydrogen-bond donors (Lipinski definition) is 0. The molecule has 0 spiro atoms. The SMILES string of the molecule is Cc1ccc(Sc2ccc(F)cc2C2CCN3OC(=O)C(=O)OC3C2)c(C)c1. The fourth-order valence-corrected chi connectivity index (χ4v) is 4.75. The maximum absolute atomic E-state index is 14.0. The maximum atomic E-state index is 14.0. The van der Waals surface area contributed by atoms with Gasteiger partial charge in [0, 0.05) is 22.8 Å². The Bertz CT molecular complexity index is 948. The van der Waals surface area contributed by atoms with Crippen molar-refractivity contribution in [3.8, 4) is 0 Å². The molecule has 146 valence electrons. The molecule has 2 aliphatic rings. The van der Waals surface area contributed by atoms with Gasteiger partial charge in [0.15, 0.2) is 6.23 Å². The summed E-state index contributed by atoms with van der Waals surface area (Å²) in [6.45, 7) is 4.54. The molecular formula is C21H20FNO4S. The molecule has 2 heterocycles. The first-order valence-corrected chi connectivity index (χ1v) is 9.96. The van der Waals surface area contributed by atoms with Crippen LogP contribution >= 0.6 is 11.8 Å². The highest BCUT2D eigenvalue weighted by atomic mass is 32.2. The van der Waals surface area contributed by atoms with Crippen molar-refractivity contribution in [2.75, 3.05) is 6.54 Å². The third kappa shape index (κ3) is 3.77. The molecule has 5 nitrogen and oxygen atoms in total. The highest BCUT2D eigenvalue weighted by Gasteiger charge is 2.41. The van der Waals surface area contributed by atoms with Gasteiger partial charge in [-0.15, -0.1) is 0 Å². The van der Waals surface area contributed by atoms with Crippen molar-refractivity contribution in [2.45, 2.75) is 48.6 Å². The van der Waals surface area contributed by atoms with Crippen LogP contribution in [0.5, 0.6) is 0 Å². The van der Waals surface area contributed by atoms with Crippen LogP contribution in [0.15, 0.2) is 46.2 Å². The summed E-state index contributed by atoms with van der Waals surface area (Å²) < 4.78 is 19.2. The summed E-state index contributed by atoms with van der Waals surface area (Å²) in [5, 5.41) is 1.40. The van der Waals surface area contributed by atoms with Gasteiger partial charge in [-0.05, 0) is 61.6 Å². The van der Waals surface area contributed by atoms with Crippen molar-refractivity contribution in [3.05, 3.63) is 58.9 Å². The van der Waals surface area contributed by atoms with E-state index in [2.05, 4.69) is 32.0 Å². The van der Waals surface area contributed by atoms with Crippen molar-refractivity contribution in [2.24, 2.45) is 0 Å². The number of esters is 1. The van der Waals surface area contributed by atoms with Crippen LogP contribution in [0.1, 0.15) is 35.4 Å². The lowest BCUT2D eigenvalue weighted by molar-refractivity contribution is -0.275. The number of benzene rings is 2. The molecule has 2 unspecified atom stereocenters. The van der Waals surface area contributed by atoms with Gasteiger partial charge >= 0.3 is 11.9 Å². The Kier molecular flexibility index (Phi) is 5.12. The van der Waals surface area contributed by atoms with Crippen LogP contribution in [0.4, 0.5) is 4.39 Å². The number of hydroxylamine groups is 2. The minimum Gasteiger partial charge on any atom is -0.435 e. The third-order valence-corrected chi connectivity index (χ3v) is 6.35. The Hall–Kier alpha value is -2.38. The molecule has 7 heteroatoms. The predicted octanol–water partition coefficient (Wildman–Crippen LogP) is 4.11. The lowest BCUT2D eigenvalue weighted by atomic mass is 9.89. The molecule has 2 aliphatic heterocycles. The number of carbonyl (C=O) groups is 2. The maximum Gasteiger partial charge on any atom is 0.436 e. The Labute approximate surface area is 166 Å². The lowest BCUT2D eigenvalue weighted by Crippen LogP contribution is -2.51. The van der Waals surface area contributed by atoms with E-state index in [0.717, 1.165) is 15.4 Å². The number of aryl methyl sites for hydroxylation is 2. The topological polar surface area (TPSA) is 55.8 Å². The van der Waals surface area contributed by atoms with Gasteiger partial charge in [-0.1, -0.05) is 34.5 Å². The van der Waals surface area contributed by atoms with Crippen LogP contribution in [0.3, 0.4) is 0 Å². The lowest BCUT2D eigenvalue weighted by Gasteiger charge is -2.39. The molecule has 2 fully saturated rings. The highest BCUT2D eigenvalue weighted by molar-refractivity contribution is 7.99. The summed E-state index contributed by atoms with van der Waals surface area (Å²) in [6.07, 6.45) is 0.486. The number of fused-ring (bicyclic) bond motifs is 1. The number of nitrogens with zero attached hydrogens (tertiary/aromatic N) is 1. The number of rotatable bonds is 3. The molecule has 4 rings (SSSR count). The molecule has 0 radical (unpaired) electrons. The minimum absolute atomic E-state index is 0.00481. The molecule has 0 amide bonds. The summed E-state index contributed by atoms with van der Waals surface area (Å²) in [6, 6.07) is 11.1. The molecule has 0 aromatic heterocycles. The third-order valence-electron chi connectivity index (χ3n) is 5.08. The quantitative estimate of drug-likeness (QED) is 0.570. The van der Waals surface area contributed by atoms with Gasteiger partial charge in [0.25, 0.3) is 0 Å². The largest absolute Gasteiger partial charge is 0.436 e. The average molecular weight is 401 g/mol. The highest BCUT2D eigenvalue weighted by Crippen LogP contribution is 2.41. The van der Waals surface area contributed by atoms with E-state index < -0.39 is 18.2 Å². The Morgan fingerprint density at radius 3 is 2.64 bits per heavy atom. The van der Waals surface area contributed by atoms with E-state index >= 15 is 0 Å². The predicted molar refractivity (Wildman–Crippen MR) is 101 cm³/mol. The average Bonchev–Trinajstić information content (AvgIpc) is 2.66. The molecule has 2 atom stereocenters. The second kappa shape index (κ2) is 7.56. The molecule has 0 saturated carbocycles. The fraction of sp³-hybridized carbons (Fsp3) is 0.333. The van der Waals surface area contributed by atoms with E-state index in [0.29, 0.717) is 19.4 Å². The molecule has 2 aromatic rings.